The van der Waals surface area contributed by atoms with E-state index in [2.05, 4.69) is 5.32 Å². The van der Waals surface area contributed by atoms with Crippen LogP contribution in [0.15, 0.2) is 36.4 Å². The first kappa shape index (κ1) is 16.1. The van der Waals surface area contributed by atoms with Crippen molar-refractivity contribution in [3.8, 4) is 11.5 Å². The van der Waals surface area contributed by atoms with E-state index < -0.39 is 24.3 Å². The number of amides is 1. The van der Waals surface area contributed by atoms with E-state index >= 15 is 0 Å². The van der Waals surface area contributed by atoms with Gasteiger partial charge in [0.05, 0.1) is 5.56 Å². The zero-order valence-corrected chi connectivity index (χ0v) is 12.9. The van der Waals surface area contributed by atoms with Crippen molar-refractivity contribution >= 4 is 29.2 Å². The van der Waals surface area contributed by atoms with Gasteiger partial charge in [0, 0.05) is 16.8 Å². The van der Waals surface area contributed by atoms with Crippen molar-refractivity contribution in [1.29, 1.82) is 0 Å². The number of hydrogen-bond donors (Lipinski definition) is 1. The van der Waals surface area contributed by atoms with Crippen LogP contribution in [-0.4, -0.2) is 25.3 Å². The summed E-state index contributed by atoms with van der Waals surface area (Å²) in [5, 5.41) is 2.72. The third-order valence-corrected chi connectivity index (χ3v) is 3.37. The highest BCUT2D eigenvalue weighted by atomic mass is 35.5. The summed E-state index contributed by atoms with van der Waals surface area (Å²) in [6.45, 7) is -0.450. The van der Waals surface area contributed by atoms with Gasteiger partial charge in [0.2, 0.25) is 6.79 Å². The topological polar surface area (TPSA) is 73.9 Å². The predicted molar refractivity (Wildman–Crippen MR) is 82.9 cm³/mol. The van der Waals surface area contributed by atoms with E-state index in [1.807, 2.05) is 0 Å². The molecular formula is C16H11ClFNO5. The maximum atomic E-state index is 13.5. The number of benzene rings is 2. The molecule has 0 aliphatic carbocycles. The molecule has 0 atom stereocenters. The second-order valence-electron chi connectivity index (χ2n) is 4.82. The molecule has 1 aliphatic heterocycles. The molecule has 2 aromatic rings. The van der Waals surface area contributed by atoms with Crippen molar-refractivity contribution in [3.05, 3.63) is 52.8 Å². The number of fused-ring (bicyclic) bond motifs is 1. The Morgan fingerprint density at radius 3 is 2.79 bits per heavy atom. The second kappa shape index (κ2) is 6.76. The van der Waals surface area contributed by atoms with Gasteiger partial charge in [-0.1, -0.05) is 11.6 Å². The van der Waals surface area contributed by atoms with Crippen molar-refractivity contribution in [2.75, 3.05) is 18.7 Å². The Morgan fingerprint density at radius 1 is 1.17 bits per heavy atom. The standard InChI is InChI=1S/C16H11ClFNO5/c17-9-1-3-12(18)11(5-9)16(21)22-7-15(20)19-10-2-4-13-14(6-10)24-8-23-13/h1-6H,7-8H2,(H,19,20). The number of carbonyl (C=O) groups excluding carboxylic acids is 2. The third-order valence-electron chi connectivity index (χ3n) is 3.14. The van der Waals surface area contributed by atoms with Gasteiger partial charge in [-0.25, -0.2) is 9.18 Å². The fourth-order valence-corrected chi connectivity index (χ4v) is 2.21. The number of halogens is 2. The Hall–Kier alpha value is -2.80. The number of rotatable bonds is 4. The molecule has 24 heavy (non-hydrogen) atoms. The Balaban J connectivity index is 1.57. The molecule has 3 rings (SSSR count). The van der Waals surface area contributed by atoms with Crippen molar-refractivity contribution in [2.24, 2.45) is 0 Å². The number of carbonyl (C=O) groups is 2. The van der Waals surface area contributed by atoms with Crippen molar-refractivity contribution < 1.29 is 28.2 Å². The summed E-state index contributed by atoms with van der Waals surface area (Å²) in [4.78, 5) is 23.6. The second-order valence-corrected chi connectivity index (χ2v) is 5.25. The first-order chi connectivity index (χ1) is 11.5. The summed E-state index contributed by atoms with van der Waals surface area (Å²) in [5.74, 6) is -1.25. The lowest BCUT2D eigenvalue weighted by molar-refractivity contribution is -0.119. The summed E-state index contributed by atoms with van der Waals surface area (Å²) in [7, 11) is 0. The highest BCUT2D eigenvalue weighted by molar-refractivity contribution is 6.30. The predicted octanol–water partition coefficient (Wildman–Crippen LogP) is 3.00. The molecule has 0 fully saturated rings. The van der Waals surface area contributed by atoms with E-state index in [-0.39, 0.29) is 17.4 Å². The minimum absolute atomic E-state index is 0.121. The molecule has 1 amide bonds. The van der Waals surface area contributed by atoms with Gasteiger partial charge in [-0.3, -0.25) is 4.79 Å². The maximum absolute atomic E-state index is 13.5. The summed E-state index contributed by atoms with van der Waals surface area (Å²) in [5.41, 5.74) is 0.118. The molecule has 0 aromatic heterocycles. The summed E-state index contributed by atoms with van der Waals surface area (Å²) >= 11 is 5.70. The molecule has 0 radical (unpaired) electrons. The van der Waals surface area contributed by atoms with Crippen LogP contribution in [0.5, 0.6) is 11.5 Å². The van der Waals surface area contributed by atoms with E-state index in [9.17, 15) is 14.0 Å². The van der Waals surface area contributed by atoms with E-state index in [0.717, 1.165) is 12.1 Å². The Bertz CT molecular complexity index is 811. The van der Waals surface area contributed by atoms with Gasteiger partial charge in [-0.2, -0.15) is 0 Å². The largest absolute Gasteiger partial charge is 0.454 e. The smallest absolute Gasteiger partial charge is 0.341 e. The SMILES string of the molecule is O=C(COC(=O)c1cc(Cl)ccc1F)Nc1ccc2c(c1)OCO2. The zero-order valence-electron chi connectivity index (χ0n) is 12.2. The zero-order chi connectivity index (χ0) is 17.1. The molecule has 8 heteroatoms. The number of ether oxygens (including phenoxy) is 3. The van der Waals surface area contributed by atoms with E-state index in [0.29, 0.717) is 17.2 Å². The van der Waals surface area contributed by atoms with Crippen LogP contribution < -0.4 is 14.8 Å². The van der Waals surface area contributed by atoms with Gasteiger partial charge in [0.15, 0.2) is 18.1 Å². The quantitative estimate of drug-likeness (QED) is 0.857. The fraction of sp³-hybridized carbons (Fsp3) is 0.125. The van der Waals surface area contributed by atoms with Crippen molar-refractivity contribution in [1.82, 2.24) is 0 Å². The lowest BCUT2D eigenvalue weighted by Crippen LogP contribution is -2.21. The van der Waals surface area contributed by atoms with Crippen LogP contribution in [0.25, 0.3) is 0 Å². The van der Waals surface area contributed by atoms with Crippen LogP contribution in [0.4, 0.5) is 10.1 Å². The Morgan fingerprint density at radius 2 is 1.96 bits per heavy atom. The fourth-order valence-electron chi connectivity index (χ4n) is 2.03. The molecule has 6 nitrogen and oxygen atoms in total. The molecule has 0 bridgehead atoms. The highest BCUT2D eigenvalue weighted by Crippen LogP contribution is 2.34. The summed E-state index contributed by atoms with van der Waals surface area (Å²) in [6, 6.07) is 8.33. The van der Waals surface area contributed by atoms with Crippen LogP contribution in [0.1, 0.15) is 10.4 Å². The molecular weight excluding hydrogens is 341 g/mol. The maximum Gasteiger partial charge on any atom is 0.341 e. The van der Waals surface area contributed by atoms with Crippen LogP contribution in [0.2, 0.25) is 5.02 Å². The van der Waals surface area contributed by atoms with Gasteiger partial charge < -0.3 is 19.5 Å². The first-order valence-corrected chi connectivity index (χ1v) is 7.22. The minimum atomic E-state index is -0.976. The van der Waals surface area contributed by atoms with E-state index in [1.165, 1.54) is 6.07 Å². The number of esters is 1. The Labute approximate surface area is 141 Å². The molecule has 0 spiro atoms. The normalized spacial score (nSPS) is 11.9. The highest BCUT2D eigenvalue weighted by Gasteiger charge is 2.17. The first-order valence-electron chi connectivity index (χ1n) is 6.84. The average molecular weight is 352 g/mol. The molecule has 2 aromatic carbocycles. The number of hydrogen-bond acceptors (Lipinski definition) is 5. The Kier molecular flexibility index (Phi) is 4.52. The van der Waals surface area contributed by atoms with Crippen molar-refractivity contribution in [3.63, 3.8) is 0 Å². The molecule has 1 heterocycles. The summed E-state index contributed by atoms with van der Waals surface area (Å²) < 4.78 is 28.7. The van der Waals surface area contributed by atoms with Gasteiger partial charge in [0.1, 0.15) is 5.82 Å². The van der Waals surface area contributed by atoms with E-state index in [4.69, 9.17) is 25.8 Å². The lowest BCUT2D eigenvalue weighted by Gasteiger charge is -2.08. The van der Waals surface area contributed by atoms with Crippen LogP contribution >= 0.6 is 11.6 Å². The van der Waals surface area contributed by atoms with Crippen LogP contribution in [-0.2, 0) is 9.53 Å². The minimum Gasteiger partial charge on any atom is -0.454 e. The van der Waals surface area contributed by atoms with Gasteiger partial charge in [-0.15, -0.1) is 0 Å². The van der Waals surface area contributed by atoms with Crippen molar-refractivity contribution in [2.45, 2.75) is 0 Å². The molecule has 0 saturated heterocycles. The molecule has 1 N–H and O–H groups in total. The van der Waals surface area contributed by atoms with Gasteiger partial charge in [-0.05, 0) is 30.3 Å². The third kappa shape index (κ3) is 3.57. The molecule has 124 valence electrons. The lowest BCUT2D eigenvalue weighted by atomic mass is 10.2. The van der Waals surface area contributed by atoms with E-state index in [1.54, 1.807) is 18.2 Å². The van der Waals surface area contributed by atoms with Gasteiger partial charge >= 0.3 is 5.97 Å². The molecule has 1 aliphatic rings. The summed E-state index contributed by atoms with van der Waals surface area (Å²) in [6.07, 6.45) is 0. The number of anilines is 1. The monoisotopic (exact) mass is 351 g/mol. The van der Waals surface area contributed by atoms with Crippen LogP contribution in [0.3, 0.4) is 0 Å². The molecule has 0 unspecified atom stereocenters. The van der Waals surface area contributed by atoms with Gasteiger partial charge in [0.25, 0.3) is 5.91 Å². The van der Waals surface area contributed by atoms with Crippen LogP contribution in [0, 0.1) is 5.82 Å². The number of nitrogens with one attached hydrogen (secondary N) is 1. The molecule has 0 saturated carbocycles. The average Bonchev–Trinajstić information content (AvgIpc) is 3.02.